The van der Waals surface area contributed by atoms with E-state index in [2.05, 4.69) is 14.9 Å². The summed E-state index contributed by atoms with van der Waals surface area (Å²) in [5, 5.41) is 18.4. The maximum absolute atomic E-state index is 11.2. The first-order chi connectivity index (χ1) is 9.72. The lowest BCUT2D eigenvalue weighted by Crippen LogP contribution is -2.38. The SMILES string of the molecule is O=C(O)c1cncnc1CN(CCO)C1CCCCC1. The molecule has 0 amide bonds. The van der Waals surface area contributed by atoms with Gasteiger partial charge in [-0.25, -0.2) is 14.8 Å². The van der Waals surface area contributed by atoms with Gasteiger partial charge in [0.1, 0.15) is 11.9 Å². The molecule has 0 unspecified atom stereocenters. The van der Waals surface area contributed by atoms with Gasteiger partial charge in [0.15, 0.2) is 0 Å². The van der Waals surface area contributed by atoms with E-state index in [1.54, 1.807) is 0 Å². The summed E-state index contributed by atoms with van der Waals surface area (Å²) >= 11 is 0. The third-order valence-electron chi connectivity index (χ3n) is 3.86. The van der Waals surface area contributed by atoms with Crippen LogP contribution in [0.3, 0.4) is 0 Å². The van der Waals surface area contributed by atoms with Gasteiger partial charge in [-0.1, -0.05) is 19.3 Å². The van der Waals surface area contributed by atoms with Gasteiger partial charge >= 0.3 is 5.97 Å². The number of aliphatic hydroxyl groups excluding tert-OH is 1. The third kappa shape index (κ3) is 3.74. The van der Waals surface area contributed by atoms with Crippen LogP contribution in [-0.2, 0) is 6.54 Å². The normalized spacial score (nSPS) is 16.5. The van der Waals surface area contributed by atoms with Crippen LogP contribution in [0.2, 0.25) is 0 Å². The number of carboxylic acid groups (broad SMARTS) is 1. The summed E-state index contributed by atoms with van der Waals surface area (Å²) in [5.41, 5.74) is 0.665. The predicted octanol–water partition coefficient (Wildman–Crippen LogP) is 1.30. The van der Waals surface area contributed by atoms with E-state index >= 15 is 0 Å². The first kappa shape index (κ1) is 14.9. The van der Waals surface area contributed by atoms with E-state index in [-0.39, 0.29) is 12.2 Å². The first-order valence-corrected chi connectivity index (χ1v) is 7.09. The highest BCUT2D eigenvalue weighted by atomic mass is 16.4. The number of rotatable bonds is 6. The molecule has 1 aliphatic carbocycles. The summed E-state index contributed by atoms with van der Waals surface area (Å²) in [5.74, 6) is -1.01. The van der Waals surface area contributed by atoms with Crippen molar-refractivity contribution in [2.24, 2.45) is 0 Å². The fourth-order valence-corrected chi connectivity index (χ4v) is 2.82. The molecule has 0 spiro atoms. The zero-order valence-corrected chi connectivity index (χ0v) is 11.5. The summed E-state index contributed by atoms with van der Waals surface area (Å²) in [4.78, 5) is 21.2. The minimum Gasteiger partial charge on any atom is -0.478 e. The molecule has 6 nitrogen and oxygen atoms in total. The zero-order chi connectivity index (χ0) is 14.4. The van der Waals surface area contributed by atoms with E-state index in [1.165, 1.54) is 31.8 Å². The number of hydrogen-bond donors (Lipinski definition) is 2. The lowest BCUT2D eigenvalue weighted by atomic mass is 9.94. The molecule has 1 aliphatic rings. The molecule has 0 radical (unpaired) electrons. The van der Waals surface area contributed by atoms with Crippen LogP contribution in [0.25, 0.3) is 0 Å². The van der Waals surface area contributed by atoms with Crippen molar-refractivity contribution >= 4 is 5.97 Å². The highest BCUT2D eigenvalue weighted by molar-refractivity contribution is 5.88. The number of carboxylic acids is 1. The molecule has 2 N–H and O–H groups in total. The Morgan fingerprint density at radius 3 is 2.75 bits per heavy atom. The molecule has 2 rings (SSSR count). The number of aliphatic hydroxyl groups is 1. The van der Waals surface area contributed by atoms with Crippen LogP contribution < -0.4 is 0 Å². The Hall–Kier alpha value is -1.53. The molecule has 0 atom stereocenters. The Kier molecular flexibility index (Phi) is 5.43. The van der Waals surface area contributed by atoms with Crippen molar-refractivity contribution in [2.75, 3.05) is 13.2 Å². The van der Waals surface area contributed by atoms with Crippen molar-refractivity contribution in [3.8, 4) is 0 Å². The molecule has 1 aromatic rings. The van der Waals surface area contributed by atoms with Crippen LogP contribution in [-0.4, -0.2) is 50.2 Å². The molecule has 20 heavy (non-hydrogen) atoms. The maximum Gasteiger partial charge on any atom is 0.339 e. The predicted molar refractivity (Wildman–Crippen MR) is 73.4 cm³/mol. The molecule has 6 heteroatoms. The Morgan fingerprint density at radius 1 is 1.35 bits per heavy atom. The monoisotopic (exact) mass is 279 g/mol. The van der Waals surface area contributed by atoms with Gasteiger partial charge in [0.05, 0.1) is 12.3 Å². The Balaban J connectivity index is 2.13. The van der Waals surface area contributed by atoms with Gasteiger partial charge in [0.25, 0.3) is 0 Å². The van der Waals surface area contributed by atoms with Crippen molar-refractivity contribution in [1.29, 1.82) is 0 Å². The van der Waals surface area contributed by atoms with Crippen molar-refractivity contribution in [2.45, 2.75) is 44.7 Å². The minimum atomic E-state index is -1.01. The van der Waals surface area contributed by atoms with Crippen LogP contribution in [0, 0.1) is 0 Å². The largest absolute Gasteiger partial charge is 0.478 e. The maximum atomic E-state index is 11.2. The summed E-state index contributed by atoms with van der Waals surface area (Å²) in [6.07, 6.45) is 8.57. The quantitative estimate of drug-likeness (QED) is 0.816. The van der Waals surface area contributed by atoms with Gasteiger partial charge in [0, 0.05) is 25.3 Å². The zero-order valence-electron chi connectivity index (χ0n) is 11.5. The molecule has 1 aromatic heterocycles. The fraction of sp³-hybridized carbons (Fsp3) is 0.643. The lowest BCUT2D eigenvalue weighted by Gasteiger charge is -2.33. The van der Waals surface area contributed by atoms with Gasteiger partial charge in [-0.3, -0.25) is 4.90 Å². The van der Waals surface area contributed by atoms with Gasteiger partial charge in [0.2, 0.25) is 0 Å². The van der Waals surface area contributed by atoms with Crippen LogP contribution in [0.4, 0.5) is 0 Å². The average molecular weight is 279 g/mol. The molecule has 1 fully saturated rings. The van der Waals surface area contributed by atoms with Gasteiger partial charge in [-0.15, -0.1) is 0 Å². The van der Waals surface area contributed by atoms with E-state index in [0.29, 0.717) is 24.8 Å². The first-order valence-electron chi connectivity index (χ1n) is 7.09. The Bertz CT molecular complexity index is 447. The van der Waals surface area contributed by atoms with E-state index in [1.807, 2.05) is 0 Å². The highest BCUT2D eigenvalue weighted by Gasteiger charge is 2.23. The molecule has 1 saturated carbocycles. The minimum absolute atomic E-state index is 0.0734. The standard InChI is InChI=1S/C14H21N3O3/c18-7-6-17(11-4-2-1-3-5-11)9-13-12(14(19)20)8-15-10-16-13/h8,10-11,18H,1-7,9H2,(H,19,20). The molecule has 0 aliphatic heterocycles. The average Bonchev–Trinajstić information content (AvgIpc) is 2.48. The van der Waals surface area contributed by atoms with Gasteiger partial charge in [-0.2, -0.15) is 0 Å². The summed E-state index contributed by atoms with van der Waals surface area (Å²) in [6.45, 7) is 1.08. The number of hydrogen-bond acceptors (Lipinski definition) is 5. The smallest absolute Gasteiger partial charge is 0.339 e. The molecule has 0 saturated heterocycles. The summed E-state index contributed by atoms with van der Waals surface area (Å²) in [7, 11) is 0. The van der Waals surface area contributed by atoms with Crippen LogP contribution in [0.15, 0.2) is 12.5 Å². The van der Waals surface area contributed by atoms with Crippen LogP contribution in [0.5, 0.6) is 0 Å². The number of nitrogens with zero attached hydrogens (tertiary/aromatic N) is 3. The molecule has 0 bridgehead atoms. The van der Waals surface area contributed by atoms with Crippen molar-refractivity contribution in [3.05, 3.63) is 23.8 Å². The number of aromatic nitrogens is 2. The van der Waals surface area contributed by atoms with Crippen molar-refractivity contribution in [3.63, 3.8) is 0 Å². The summed E-state index contributed by atoms with van der Waals surface area (Å²) < 4.78 is 0. The summed E-state index contributed by atoms with van der Waals surface area (Å²) in [6, 6.07) is 0.410. The van der Waals surface area contributed by atoms with Gasteiger partial charge < -0.3 is 10.2 Å². The van der Waals surface area contributed by atoms with E-state index < -0.39 is 5.97 Å². The van der Waals surface area contributed by atoms with Crippen molar-refractivity contribution in [1.82, 2.24) is 14.9 Å². The molecule has 1 heterocycles. The van der Waals surface area contributed by atoms with E-state index in [9.17, 15) is 15.0 Å². The van der Waals surface area contributed by atoms with Gasteiger partial charge in [-0.05, 0) is 12.8 Å². The second-order valence-corrected chi connectivity index (χ2v) is 5.17. The fourth-order valence-electron chi connectivity index (χ4n) is 2.82. The molecule has 0 aromatic carbocycles. The topological polar surface area (TPSA) is 86.5 Å². The van der Waals surface area contributed by atoms with Crippen LogP contribution in [0.1, 0.15) is 48.2 Å². The Morgan fingerprint density at radius 2 is 2.10 bits per heavy atom. The highest BCUT2D eigenvalue weighted by Crippen LogP contribution is 2.24. The lowest BCUT2D eigenvalue weighted by molar-refractivity contribution is 0.0690. The van der Waals surface area contributed by atoms with Crippen LogP contribution >= 0.6 is 0 Å². The molecular formula is C14H21N3O3. The van der Waals surface area contributed by atoms with E-state index in [4.69, 9.17) is 0 Å². The second-order valence-electron chi connectivity index (χ2n) is 5.17. The molecular weight excluding hydrogens is 258 g/mol. The Labute approximate surface area is 118 Å². The number of aromatic carboxylic acids is 1. The van der Waals surface area contributed by atoms with E-state index in [0.717, 1.165) is 12.8 Å². The molecule has 110 valence electrons. The second kappa shape index (κ2) is 7.31. The number of carbonyl (C=O) groups is 1. The third-order valence-corrected chi connectivity index (χ3v) is 3.86. The van der Waals surface area contributed by atoms with Crippen molar-refractivity contribution < 1.29 is 15.0 Å².